The number of benzene rings is 1. The van der Waals surface area contributed by atoms with Crippen LogP contribution in [0.15, 0.2) is 47.5 Å². The van der Waals surface area contributed by atoms with E-state index in [4.69, 9.17) is 9.47 Å². The Balaban J connectivity index is 1.18. The minimum Gasteiger partial charge on any atom is -0.497 e. The van der Waals surface area contributed by atoms with E-state index >= 15 is 0 Å². The van der Waals surface area contributed by atoms with E-state index in [2.05, 4.69) is 20.5 Å². The predicted octanol–water partition coefficient (Wildman–Crippen LogP) is 5.03. The highest BCUT2D eigenvalue weighted by Gasteiger charge is 2.38. The second kappa shape index (κ2) is 12.5. The first kappa shape index (κ1) is 31.3. The summed E-state index contributed by atoms with van der Waals surface area (Å²) in [4.78, 5) is 17.7. The molecule has 44 heavy (non-hydrogen) atoms. The van der Waals surface area contributed by atoms with Crippen LogP contribution >= 0.6 is 11.3 Å². The Labute approximate surface area is 250 Å². The van der Waals surface area contributed by atoms with Crippen molar-refractivity contribution in [3.63, 3.8) is 0 Å². The lowest BCUT2D eigenvalue weighted by atomic mass is 10.2. The van der Waals surface area contributed by atoms with Gasteiger partial charge in [0.2, 0.25) is 0 Å². The molecule has 5 rings (SSSR count). The number of nitrogens with one attached hydrogen (secondary N) is 1. The lowest BCUT2D eigenvalue weighted by Crippen LogP contribution is -2.34. The number of fused-ring (bicyclic) bond motifs is 1. The number of anilines is 2. The van der Waals surface area contributed by atoms with Gasteiger partial charge in [0.25, 0.3) is 5.56 Å². The number of halogens is 6. The van der Waals surface area contributed by atoms with Gasteiger partial charge in [-0.2, -0.15) is 36.5 Å². The smallest absolute Gasteiger partial charge is 0.427 e. The summed E-state index contributed by atoms with van der Waals surface area (Å²) in [5, 5.41) is 11.3. The molecular formula is C27H27F6N7O3S. The van der Waals surface area contributed by atoms with E-state index in [1.165, 1.54) is 7.11 Å². The first-order valence-electron chi connectivity index (χ1n) is 13.3. The monoisotopic (exact) mass is 643 g/mol. The normalized spacial score (nSPS) is 14.4. The van der Waals surface area contributed by atoms with Gasteiger partial charge >= 0.3 is 12.4 Å². The van der Waals surface area contributed by atoms with E-state index < -0.39 is 40.1 Å². The highest BCUT2D eigenvalue weighted by Crippen LogP contribution is 2.37. The van der Waals surface area contributed by atoms with Crippen molar-refractivity contribution < 1.29 is 35.8 Å². The summed E-state index contributed by atoms with van der Waals surface area (Å²) in [6, 6.07) is 7.66. The van der Waals surface area contributed by atoms with Crippen LogP contribution in [0.1, 0.15) is 34.3 Å². The Bertz CT molecular complexity index is 1650. The van der Waals surface area contributed by atoms with Gasteiger partial charge in [-0.25, -0.2) is 9.67 Å². The van der Waals surface area contributed by atoms with E-state index in [-0.39, 0.29) is 24.9 Å². The van der Waals surface area contributed by atoms with Crippen molar-refractivity contribution in [2.75, 3.05) is 30.5 Å². The van der Waals surface area contributed by atoms with Crippen LogP contribution < -0.4 is 20.5 Å². The second-order valence-electron chi connectivity index (χ2n) is 10.1. The number of hydrogen-bond donors (Lipinski definition) is 1. The van der Waals surface area contributed by atoms with E-state index in [1.54, 1.807) is 46.8 Å². The average Bonchev–Trinajstić information content (AvgIpc) is 3.61. The van der Waals surface area contributed by atoms with E-state index in [1.807, 2.05) is 0 Å². The third kappa shape index (κ3) is 7.15. The Morgan fingerprint density at radius 2 is 1.82 bits per heavy atom. The Kier molecular flexibility index (Phi) is 8.88. The van der Waals surface area contributed by atoms with Crippen LogP contribution in [0.3, 0.4) is 0 Å². The van der Waals surface area contributed by atoms with Crippen molar-refractivity contribution in [3.05, 3.63) is 80.5 Å². The lowest BCUT2D eigenvalue weighted by Gasteiger charge is -2.27. The minimum absolute atomic E-state index is 0.0140. The van der Waals surface area contributed by atoms with Crippen LogP contribution in [0.2, 0.25) is 0 Å². The maximum Gasteiger partial charge on any atom is 0.427 e. The van der Waals surface area contributed by atoms with Crippen LogP contribution in [0.25, 0.3) is 0 Å². The second-order valence-corrected chi connectivity index (χ2v) is 11.1. The number of thiazole rings is 1. The predicted molar refractivity (Wildman–Crippen MR) is 149 cm³/mol. The molecule has 1 aliphatic rings. The molecule has 1 N–H and O–H groups in total. The molecule has 0 saturated carbocycles. The average molecular weight is 644 g/mol. The number of aromatic nitrogens is 5. The van der Waals surface area contributed by atoms with Crippen LogP contribution in [0.4, 0.5) is 37.2 Å². The lowest BCUT2D eigenvalue weighted by molar-refractivity contribution is -0.138. The zero-order valence-corrected chi connectivity index (χ0v) is 24.3. The number of methoxy groups -OCH3 is 1. The Hall–Kier alpha value is -4.12. The molecule has 10 nitrogen and oxygen atoms in total. The zero-order chi connectivity index (χ0) is 31.6. The SMILES string of the molecule is COc1ccc(Cn2ncc(N[C@@H](C)COCc3cc4n(n3)CCN(c3ncc(C(F)(F)F)s3)C4)c(C(F)(F)F)c2=O)cc1. The Morgan fingerprint density at radius 3 is 2.48 bits per heavy atom. The molecule has 4 heterocycles. The number of hydrogen-bond acceptors (Lipinski definition) is 9. The first-order chi connectivity index (χ1) is 20.8. The van der Waals surface area contributed by atoms with Crippen LogP contribution in [-0.4, -0.2) is 50.8 Å². The zero-order valence-electron chi connectivity index (χ0n) is 23.4. The van der Waals surface area contributed by atoms with Gasteiger partial charge in [0, 0.05) is 12.6 Å². The third-order valence-corrected chi connectivity index (χ3v) is 7.83. The number of alkyl halides is 6. The number of nitrogens with zero attached hydrogens (tertiary/aromatic N) is 6. The standard InChI is InChI=1S/C27H27F6N7O3S/c1-16(36-21-10-35-40(24(41)23(21)27(31,32)33)12-17-3-5-20(42-2)6-4-17)14-43-15-18-9-19-13-38(7-8-39(19)37-18)25-34-11-22(44-25)26(28,29)30/h3-6,9-11,16,36H,7-8,12-15H2,1-2H3/t16-/m0/s1. The minimum atomic E-state index is -4.93. The molecule has 3 aromatic heterocycles. The fourth-order valence-corrected chi connectivity index (χ4v) is 5.45. The molecule has 0 fully saturated rings. The summed E-state index contributed by atoms with van der Waals surface area (Å²) < 4.78 is 94.0. The molecule has 1 aromatic carbocycles. The summed E-state index contributed by atoms with van der Waals surface area (Å²) in [5.74, 6) is 0.567. The van der Waals surface area contributed by atoms with E-state index in [0.29, 0.717) is 48.0 Å². The van der Waals surface area contributed by atoms with E-state index in [0.717, 1.165) is 22.8 Å². The Morgan fingerprint density at radius 1 is 1.07 bits per heavy atom. The van der Waals surface area contributed by atoms with Crippen molar-refractivity contribution in [2.24, 2.45) is 0 Å². The van der Waals surface area contributed by atoms with Crippen molar-refractivity contribution in [1.29, 1.82) is 0 Å². The summed E-state index contributed by atoms with van der Waals surface area (Å²) in [6.07, 6.45) is -7.59. The topological polar surface area (TPSA) is 99.3 Å². The molecule has 17 heteroatoms. The van der Waals surface area contributed by atoms with Crippen molar-refractivity contribution >= 4 is 22.2 Å². The van der Waals surface area contributed by atoms with Crippen molar-refractivity contribution in [1.82, 2.24) is 24.5 Å². The maximum absolute atomic E-state index is 14.0. The molecule has 0 spiro atoms. The summed E-state index contributed by atoms with van der Waals surface area (Å²) in [7, 11) is 1.49. The van der Waals surface area contributed by atoms with Gasteiger partial charge in [0.05, 0.1) is 69.4 Å². The summed E-state index contributed by atoms with van der Waals surface area (Å²) in [5.41, 5.74) is -1.21. The third-order valence-electron chi connectivity index (χ3n) is 6.73. The van der Waals surface area contributed by atoms with Crippen molar-refractivity contribution in [2.45, 2.75) is 51.6 Å². The van der Waals surface area contributed by atoms with Crippen LogP contribution in [0.5, 0.6) is 5.75 Å². The van der Waals surface area contributed by atoms with Crippen LogP contribution in [-0.2, 0) is 43.3 Å². The summed E-state index contributed by atoms with van der Waals surface area (Å²) >= 11 is 0.579. The highest BCUT2D eigenvalue weighted by molar-refractivity contribution is 7.15. The molecule has 0 unspecified atom stereocenters. The van der Waals surface area contributed by atoms with Gasteiger partial charge in [0.1, 0.15) is 16.2 Å². The van der Waals surface area contributed by atoms with Gasteiger partial charge in [-0.3, -0.25) is 9.48 Å². The number of rotatable bonds is 10. The quantitative estimate of drug-likeness (QED) is 0.241. The fourth-order valence-electron chi connectivity index (χ4n) is 4.64. The van der Waals surface area contributed by atoms with Crippen LogP contribution in [0, 0.1) is 0 Å². The largest absolute Gasteiger partial charge is 0.497 e. The highest BCUT2D eigenvalue weighted by atomic mass is 32.1. The molecule has 0 aliphatic carbocycles. The molecule has 4 aromatic rings. The maximum atomic E-state index is 14.0. The number of ether oxygens (including phenoxy) is 2. The van der Waals surface area contributed by atoms with Gasteiger partial charge < -0.3 is 19.7 Å². The van der Waals surface area contributed by atoms with Gasteiger partial charge in [-0.1, -0.05) is 23.5 Å². The molecule has 0 bridgehead atoms. The van der Waals surface area contributed by atoms with Gasteiger partial charge in [-0.15, -0.1) is 0 Å². The first-order valence-corrected chi connectivity index (χ1v) is 14.1. The molecule has 0 saturated heterocycles. The molecular weight excluding hydrogens is 616 g/mol. The molecule has 0 radical (unpaired) electrons. The fraction of sp³-hybridized carbons (Fsp3) is 0.407. The molecule has 1 atom stereocenters. The van der Waals surface area contributed by atoms with Gasteiger partial charge in [-0.05, 0) is 30.7 Å². The summed E-state index contributed by atoms with van der Waals surface area (Å²) in [6.45, 7) is 2.65. The van der Waals surface area contributed by atoms with Gasteiger partial charge in [0.15, 0.2) is 5.13 Å². The van der Waals surface area contributed by atoms with Crippen molar-refractivity contribution in [3.8, 4) is 5.75 Å². The molecule has 1 aliphatic heterocycles. The molecule has 0 amide bonds. The molecule has 236 valence electrons. The van der Waals surface area contributed by atoms with E-state index in [9.17, 15) is 31.1 Å².